The number of hydrogen-bond donors (Lipinski definition) is 2. The number of fused-ring (bicyclic) bond motifs is 1. The van der Waals surface area contributed by atoms with Crippen LogP contribution in [0.25, 0.3) is 0 Å². The Morgan fingerprint density at radius 1 is 1.20 bits per heavy atom. The van der Waals surface area contributed by atoms with Crippen LogP contribution >= 0.6 is 0 Å². The number of nitrogens with zero attached hydrogens (tertiary/aromatic N) is 1. The summed E-state index contributed by atoms with van der Waals surface area (Å²) in [6.07, 6.45) is 0.996. The Labute approximate surface area is 119 Å². The minimum Gasteiger partial charge on any atom is -0.380 e. The van der Waals surface area contributed by atoms with Gasteiger partial charge in [-0.1, -0.05) is 0 Å². The minimum atomic E-state index is -0.325. The van der Waals surface area contributed by atoms with Crippen molar-refractivity contribution in [3.63, 3.8) is 0 Å². The van der Waals surface area contributed by atoms with Crippen LogP contribution < -0.4 is 10.6 Å². The molecule has 1 amide bonds. The molecule has 4 aliphatic rings. The summed E-state index contributed by atoms with van der Waals surface area (Å²) >= 11 is 0. The van der Waals surface area contributed by atoms with Gasteiger partial charge in [-0.3, -0.25) is 4.79 Å². The summed E-state index contributed by atoms with van der Waals surface area (Å²) in [7, 11) is 0. The highest BCUT2D eigenvalue weighted by atomic mass is 16.5. The number of ether oxygens (including phenoxy) is 2. The number of morpholine rings is 1. The third-order valence-corrected chi connectivity index (χ3v) is 5.44. The molecule has 2 atom stereocenters. The van der Waals surface area contributed by atoms with Crippen LogP contribution in [0.15, 0.2) is 0 Å². The van der Waals surface area contributed by atoms with Gasteiger partial charge in [-0.25, -0.2) is 0 Å². The van der Waals surface area contributed by atoms with E-state index in [0.29, 0.717) is 19.1 Å². The Hall–Kier alpha value is -0.690. The maximum Gasteiger partial charge on any atom is 0.232 e. The standard InChI is InChI=1S/C14H23N3O3/c18-12(14-8-15-5-11(14)1-3-19-10-14)17-2-4-20-13(9-17)6-16-7-13/h11,15-16H,1-10H2/t11-,14+/m1/s1. The highest BCUT2D eigenvalue weighted by Crippen LogP contribution is 2.40. The van der Waals surface area contributed by atoms with Gasteiger partial charge in [-0.15, -0.1) is 0 Å². The molecule has 6 heteroatoms. The Balaban J connectivity index is 1.53. The van der Waals surface area contributed by atoms with E-state index in [2.05, 4.69) is 10.6 Å². The van der Waals surface area contributed by atoms with E-state index in [1.165, 1.54) is 0 Å². The molecule has 6 nitrogen and oxygen atoms in total. The molecule has 0 radical (unpaired) electrons. The van der Waals surface area contributed by atoms with E-state index in [1.807, 2.05) is 4.90 Å². The van der Waals surface area contributed by atoms with Crippen LogP contribution in [0, 0.1) is 11.3 Å². The molecule has 0 aliphatic carbocycles. The van der Waals surface area contributed by atoms with Crippen LogP contribution in [-0.4, -0.2) is 75.5 Å². The smallest absolute Gasteiger partial charge is 0.232 e. The molecule has 0 unspecified atom stereocenters. The summed E-state index contributed by atoms with van der Waals surface area (Å²) in [5.74, 6) is 0.712. The van der Waals surface area contributed by atoms with Crippen molar-refractivity contribution in [3.05, 3.63) is 0 Å². The van der Waals surface area contributed by atoms with Crippen LogP contribution in [0.1, 0.15) is 6.42 Å². The van der Waals surface area contributed by atoms with Gasteiger partial charge in [0.05, 0.1) is 25.2 Å². The molecule has 112 valence electrons. The normalized spacial score (nSPS) is 39.4. The third-order valence-electron chi connectivity index (χ3n) is 5.44. The van der Waals surface area contributed by atoms with Gasteiger partial charge in [0.15, 0.2) is 0 Å². The molecule has 0 bridgehead atoms. The van der Waals surface area contributed by atoms with Gasteiger partial charge in [0.2, 0.25) is 5.91 Å². The van der Waals surface area contributed by atoms with E-state index in [0.717, 1.165) is 52.3 Å². The summed E-state index contributed by atoms with van der Waals surface area (Å²) < 4.78 is 11.5. The molecular weight excluding hydrogens is 258 g/mol. The van der Waals surface area contributed by atoms with E-state index < -0.39 is 0 Å². The maximum absolute atomic E-state index is 13.1. The van der Waals surface area contributed by atoms with Gasteiger partial charge < -0.3 is 25.0 Å². The predicted octanol–water partition coefficient (Wildman–Crippen LogP) is -1.19. The molecular formula is C14H23N3O3. The predicted molar refractivity (Wildman–Crippen MR) is 72.4 cm³/mol. The zero-order chi connectivity index (χ0) is 13.6. The van der Waals surface area contributed by atoms with Crippen molar-refractivity contribution >= 4 is 5.91 Å². The molecule has 0 saturated carbocycles. The van der Waals surface area contributed by atoms with Crippen LogP contribution in [0.4, 0.5) is 0 Å². The van der Waals surface area contributed by atoms with Gasteiger partial charge in [-0.05, 0) is 18.9 Å². The summed E-state index contributed by atoms with van der Waals surface area (Å²) in [4.78, 5) is 15.1. The topological polar surface area (TPSA) is 62.8 Å². The van der Waals surface area contributed by atoms with Crippen LogP contribution in [-0.2, 0) is 14.3 Å². The van der Waals surface area contributed by atoms with E-state index in [1.54, 1.807) is 0 Å². The lowest BCUT2D eigenvalue weighted by atomic mass is 9.74. The van der Waals surface area contributed by atoms with E-state index in [-0.39, 0.29) is 16.9 Å². The number of hydrogen-bond acceptors (Lipinski definition) is 5. The average Bonchev–Trinajstić information content (AvgIpc) is 2.90. The second kappa shape index (κ2) is 4.66. The Morgan fingerprint density at radius 3 is 2.90 bits per heavy atom. The highest BCUT2D eigenvalue weighted by molar-refractivity contribution is 5.84. The highest BCUT2D eigenvalue weighted by Gasteiger charge is 2.54. The fourth-order valence-electron chi connectivity index (χ4n) is 4.10. The van der Waals surface area contributed by atoms with E-state index in [9.17, 15) is 4.79 Å². The molecule has 4 rings (SSSR count). The molecule has 20 heavy (non-hydrogen) atoms. The van der Waals surface area contributed by atoms with E-state index in [4.69, 9.17) is 9.47 Å². The van der Waals surface area contributed by atoms with Gasteiger partial charge in [-0.2, -0.15) is 0 Å². The number of amides is 1. The molecule has 4 heterocycles. The first-order valence-electron chi connectivity index (χ1n) is 7.67. The zero-order valence-electron chi connectivity index (χ0n) is 11.8. The quantitative estimate of drug-likeness (QED) is 0.633. The fourth-order valence-corrected chi connectivity index (χ4v) is 4.10. The van der Waals surface area contributed by atoms with Crippen LogP contribution in [0.2, 0.25) is 0 Å². The third kappa shape index (κ3) is 1.82. The van der Waals surface area contributed by atoms with Crippen molar-refractivity contribution in [1.82, 2.24) is 15.5 Å². The molecule has 4 saturated heterocycles. The van der Waals surface area contributed by atoms with Gasteiger partial charge in [0, 0.05) is 32.8 Å². The second-order valence-electron chi connectivity index (χ2n) is 6.69. The Kier molecular flexibility index (Phi) is 3.03. The second-order valence-corrected chi connectivity index (χ2v) is 6.69. The molecule has 4 aliphatic heterocycles. The summed E-state index contributed by atoms with van der Waals surface area (Å²) in [6.45, 7) is 6.91. The van der Waals surface area contributed by atoms with Gasteiger partial charge in [0.25, 0.3) is 0 Å². The molecule has 0 aromatic carbocycles. The first-order chi connectivity index (χ1) is 9.74. The average molecular weight is 281 g/mol. The molecule has 4 fully saturated rings. The summed E-state index contributed by atoms with van der Waals surface area (Å²) in [5, 5.41) is 6.66. The summed E-state index contributed by atoms with van der Waals surface area (Å²) in [5.41, 5.74) is -0.449. The monoisotopic (exact) mass is 281 g/mol. The lowest BCUT2D eigenvalue weighted by molar-refractivity contribution is -0.175. The van der Waals surface area contributed by atoms with Crippen molar-refractivity contribution in [2.24, 2.45) is 11.3 Å². The first kappa shape index (κ1) is 13.0. The van der Waals surface area contributed by atoms with Gasteiger partial charge in [0.1, 0.15) is 5.60 Å². The largest absolute Gasteiger partial charge is 0.380 e. The molecule has 1 spiro atoms. The minimum absolute atomic E-state index is 0.123. The van der Waals surface area contributed by atoms with Crippen LogP contribution in [0.3, 0.4) is 0 Å². The van der Waals surface area contributed by atoms with Crippen LogP contribution in [0.5, 0.6) is 0 Å². The van der Waals surface area contributed by atoms with Crippen molar-refractivity contribution in [1.29, 1.82) is 0 Å². The van der Waals surface area contributed by atoms with Crippen molar-refractivity contribution in [2.45, 2.75) is 12.0 Å². The number of rotatable bonds is 1. The lowest BCUT2D eigenvalue weighted by Crippen LogP contribution is -2.70. The molecule has 0 aromatic rings. The SMILES string of the molecule is O=C(N1CCOC2(CNC2)C1)[C@]12CNC[C@H]1CCOC2. The Bertz CT molecular complexity index is 412. The lowest BCUT2D eigenvalue weighted by Gasteiger charge is -2.50. The number of carbonyl (C=O) groups excluding carboxylic acids is 1. The number of nitrogens with one attached hydrogen (secondary N) is 2. The molecule has 2 N–H and O–H groups in total. The fraction of sp³-hybridized carbons (Fsp3) is 0.929. The van der Waals surface area contributed by atoms with Crippen molar-refractivity contribution < 1.29 is 14.3 Å². The van der Waals surface area contributed by atoms with E-state index >= 15 is 0 Å². The summed E-state index contributed by atoms with van der Waals surface area (Å²) in [6, 6.07) is 0. The first-order valence-corrected chi connectivity index (χ1v) is 7.67. The van der Waals surface area contributed by atoms with Crippen molar-refractivity contribution in [3.8, 4) is 0 Å². The van der Waals surface area contributed by atoms with Crippen molar-refractivity contribution in [2.75, 3.05) is 59.1 Å². The molecule has 0 aromatic heterocycles. The zero-order valence-corrected chi connectivity index (χ0v) is 11.8. The Morgan fingerprint density at radius 2 is 2.10 bits per heavy atom. The van der Waals surface area contributed by atoms with Gasteiger partial charge >= 0.3 is 0 Å². The maximum atomic E-state index is 13.1. The number of carbonyl (C=O) groups is 1.